The summed E-state index contributed by atoms with van der Waals surface area (Å²) in [5.41, 5.74) is 8.69. The number of nitrogens with two attached hydrogens (primary N) is 1. The second kappa shape index (κ2) is 3.07. The Labute approximate surface area is 80.5 Å². The van der Waals surface area contributed by atoms with Gasteiger partial charge in [0.2, 0.25) is 0 Å². The first-order valence-electron chi connectivity index (χ1n) is 3.28. The minimum atomic E-state index is 0.742. The van der Waals surface area contributed by atoms with E-state index in [-0.39, 0.29) is 0 Å². The Morgan fingerprint density at radius 2 is 2.00 bits per heavy atom. The molecule has 0 aromatic heterocycles. The number of rotatable bonds is 0. The van der Waals surface area contributed by atoms with Crippen LogP contribution in [0.4, 0.5) is 5.69 Å². The smallest absolute Gasteiger partial charge is 0.0455 e. The molecule has 1 aromatic rings. The number of benzene rings is 1. The molecule has 1 nitrogen and oxygen atoms in total. The van der Waals surface area contributed by atoms with E-state index in [4.69, 9.17) is 5.73 Å². The van der Waals surface area contributed by atoms with E-state index in [1.165, 1.54) is 0 Å². The van der Waals surface area contributed by atoms with Crippen LogP contribution in [0.1, 0.15) is 11.1 Å². The standard InChI is InChI=1S/C8H10BrNS/c1-4-3-6(10)8(11)5(2)7(4)9/h3,11H,10H2,1-2H3. The van der Waals surface area contributed by atoms with Crippen molar-refractivity contribution >= 4 is 34.2 Å². The topological polar surface area (TPSA) is 26.0 Å². The summed E-state index contributed by atoms with van der Waals surface area (Å²) < 4.78 is 1.09. The highest BCUT2D eigenvalue weighted by Crippen LogP contribution is 2.30. The van der Waals surface area contributed by atoms with Crippen LogP contribution in [-0.4, -0.2) is 0 Å². The van der Waals surface area contributed by atoms with Crippen LogP contribution in [0, 0.1) is 13.8 Å². The van der Waals surface area contributed by atoms with Gasteiger partial charge < -0.3 is 5.73 Å². The monoisotopic (exact) mass is 231 g/mol. The molecule has 0 aliphatic carbocycles. The van der Waals surface area contributed by atoms with Crippen LogP contribution >= 0.6 is 28.6 Å². The lowest BCUT2D eigenvalue weighted by molar-refractivity contribution is 1.24. The number of aryl methyl sites for hydroxylation is 1. The van der Waals surface area contributed by atoms with Crippen molar-refractivity contribution in [2.24, 2.45) is 0 Å². The maximum Gasteiger partial charge on any atom is 0.0455 e. The fourth-order valence-corrected chi connectivity index (χ4v) is 1.62. The van der Waals surface area contributed by atoms with Gasteiger partial charge in [0, 0.05) is 15.1 Å². The normalized spacial score (nSPS) is 10.2. The van der Waals surface area contributed by atoms with Gasteiger partial charge in [-0.15, -0.1) is 12.6 Å². The van der Waals surface area contributed by atoms with E-state index >= 15 is 0 Å². The molecule has 0 aliphatic heterocycles. The zero-order valence-corrected chi connectivity index (χ0v) is 8.96. The van der Waals surface area contributed by atoms with Gasteiger partial charge in [-0.1, -0.05) is 15.9 Å². The average Bonchev–Trinajstić information content (AvgIpc) is 1.97. The number of hydrogen-bond acceptors (Lipinski definition) is 2. The molecule has 0 aliphatic rings. The fourth-order valence-electron chi connectivity index (χ4n) is 0.981. The van der Waals surface area contributed by atoms with E-state index < -0.39 is 0 Å². The Hall–Kier alpha value is -0.150. The molecular formula is C8H10BrNS. The number of halogens is 1. The van der Waals surface area contributed by atoms with E-state index in [9.17, 15) is 0 Å². The van der Waals surface area contributed by atoms with E-state index in [1.807, 2.05) is 19.9 Å². The first-order valence-corrected chi connectivity index (χ1v) is 4.52. The lowest BCUT2D eigenvalue weighted by Crippen LogP contribution is -1.92. The van der Waals surface area contributed by atoms with Crippen LogP contribution in [0.25, 0.3) is 0 Å². The molecule has 1 rings (SSSR count). The van der Waals surface area contributed by atoms with Gasteiger partial charge in [-0.25, -0.2) is 0 Å². The number of thiol groups is 1. The van der Waals surface area contributed by atoms with E-state index in [0.29, 0.717) is 0 Å². The summed E-state index contributed by atoms with van der Waals surface area (Å²) >= 11 is 7.73. The van der Waals surface area contributed by atoms with Gasteiger partial charge in [-0.05, 0) is 31.0 Å². The predicted molar refractivity (Wildman–Crippen MR) is 55.3 cm³/mol. The first kappa shape index (κ1) is 8.94. The summed E-state index contributed by atoms with van der Waals surface area (Å²) in [7, 11) is 0. The molecule has 1 aromatic carbocycles. The molecule has 0 spiro atoms. The Kier molecular flexibility index (Phi) is 2.50. The van der Waals surface area contributed by atoms with Crippen LogP contribution in [0.15, 0.2) is 15.4 Å². The van der Waals surface area contributed by atoms with Crippen LogP contribution in [0.3, 0.4) is 0 Å². The third-order valence-electron chi connectivity index (χ3n) is 1.68. The summed E-state index contributed by atoms with van der Waals surface area (Å²) in [6.07, 6.45) is 0. The number of nitrogen functional groups attached to an aromatic ring is 1. The molecule has 0 unspecified atom stereocenters. The molecule has 0 fully saturated rings. The quantitative estimate of drug-likeness (QED) is 0.522. The largest absolute Gasteiger partial charge is 0.398 e. The molecule has 0 radical (unpaired) electrons. The third kappa shape index (κ3) is 1.54. The van der Waals surface area contributed by atoms with Gasteiger partial charge in [-0.3, -0.25) is 0 Å². The molecule has 0 atom stereocenters. The molecule has 0 heterocycles. The van der Waals surface area contributed by atoms with E-state index in [0.717, 1.165) is 26.2 Å². The van der Waals surface area contributed by atoms with Crippen molar-refractivity contribution in [1.82, 2.24) is 0 Å². The van der Waals surface area contributed by atoms with Crippen molar-refractivity contribution in [3.8, 4) is 0 Å². The molecule has 11 heavy (non-hydrogen) atoms. The lowest BCUT2D eigenvalue weighted by atomic mass is 10.1. The number of hydrogen-bond donors (Lipinski definition) is 2. The van der Waals surface area contributed by atoms with Crippen LogP contribution < -0.4 is 5.73 Å². The summed E-state index contributed by atoms with van der Waals surface area (Å²) in [6, 6.07) is 1.92. The Morgan fingerprint density at radius 3 is 2.55 bits per heavy atom. The second-order valence-electron chi connectivity index (χ2n) is 2.57. The van der Waals surface area contributed by atoms with Gasteiger partial charge >= 0.3 is 0 Å². The first-order chi connectivity index (χ1) is 5.04. The maximum atomic E-state index is 5.69. The van der Waals surface area contributed by atoms with Gasteiger partial charge in [-0.2, -0.15) is 0 Å². The van der Waals surface area contributed by atoms with Gasteiger partial charge in [0.25, 0.3) is 0 Å². The van der Waals surface area contributed by atoms with Crippen molar-refractivity contribution in [2.75, 3.05) is 5.73 Å². The zero-order valence-electron chi connectivity index (χ0n) is 6.48. The molecule has 2 N–H and O–H groups in total. The average molecular weight is 232 g/mol. The Balaban J connectivity index is 3.46. The Bertz CT molecular complexity index is 270. The van der Waals surface area contributed by atoms with Crippen LogP contribution in [-0.2, 0) is 0 Å². The predicted octanol–water partition coefficient (Wildman–Crippen LogP) is 2.94. The highest BCUT2D eigenvalue weighted by molar-refractivity contribution is 9.10. The third-order valence-corrected chi connectivity index (χ3v) is 3.49. The minimum absolute atomic E-state index is 0.742. The molecule has 0 saturated heterocycles. The van der Waals surface area contributed by atoms with Gasteiger partial charge in [0.15, 0.2) is 0 Å². The van der Waals surface area contributed by atoms with Crippen molar-refractivity contribution in [3.05, 3.63) is 21.7 Å². The molecule has 0 saturated carbocycles. The van der Waals surface area contributed by atoms with Crippen LogP contribution in [0.2, 0.25) is 0 Å². The SMILES string of the molecule is Cc1cc(N)c(S)c(C)c1Br. The fraction of sp³-hybridized carbons (Fsp3) is 0.250. The highest BCUT2D eigenvalue weighted by atomic mass is 79.9. The molecule has 60 valence electrons. The zero-order chi connectivity index (χ0) is 8.59. The maximum absolute atomic E-state index is 5.69. The number of anilines is 1. The lowest BCUT2D eigenvalue weighted by Gasteiger charge is -2.08. The second-order valence-corrected chi connectivity index (χ2v) is 3.81. The molecule has 3 heteroatoms. The molecule has 0 amide bonds. The van der Waals surface area contributed by atoms with Crippen molar-refractivity contribution < 1.29 is 0 Å². The van der Waals surface area contributed by atoms with Crippen LogP contribution in [0.5, 0.6) is 0 Å². The van der Waals surface area contributed by atoms with E-state index in [2.05, 4.69) is 28.6 Å². The molecular weight excluding hydrogens is 222 g/mol. The summed E-state index contributed by atoms with van der Waals surface area (Å²) in [5, 5.41) is 0. The van der Waals surface area contributed by atoms with Crippen molar-refractivity contribution in [3.63, 3.8) is 0 Å². The summed E-state index contributed by atoms with van der Waals surface area (Å²) in [6.45, 7) is 4.01. The van der Waals surface area contributed by atoms with Crippen molar-refractivity contribution in [1.29, 1.82) is 0 Å². The summed E-state index contributed by atoms with van der Waals surface area (Å²) in [4.78, 5) is 0.863. The highest BCUT2D eigenvalue weighted by Gasteiger charge is 2.05. The Morgan fingerprint density at radius 1 is 1.45 bits per heavy atom. The van der Waals surface area contributed by atoms with Gasteiger partial charge in [0.05, 0.1) is 0 Å². The van der Waals surface area contributed by atoms with E-state index in [1.54, 1.807) is 0 Å². The van der Waals surface area contributed by atoms with Crippen molar-refractivity contribution in [2.45, 2.75) is 18.7 Å². The van der Waals surface area contributed by atoms with Gasteiger partial charge in [0.1, 0.15) is 0 Å². The molecule has 0 bridgehead atoms. The minimum Gasteiger partial charge on any atom is -0.398 e. The summed E-state index contributed by atoms with van der Waals surface area (Å²) in [5.74, 6) is 0.